The molecular formula is C12H15FN2O4S. The molecule has 0 radical (unpaired) electrons. The fourth-order valence-electron chi connectivity index (χ4n) is 1.42. The molecule has 8 heteroatoms. The Labute approximate surface area is 116 Å². The van der Waals surface area contributed by atoms with Crippen molar-refractivity contribution in [2.45, 2.75) is 11.8 Å². The van der Waals surface area contributed by atoms with Gasteiger partial charge in [0.2, 0.25) is 10.0 Å². The number of nitrogens with zero attached hydrogens (tertiary/aromatic N) is 2. The molecule has 0 unspecified atom stereocenters. The lowest BCUT2D eigenvalue weighted by Gasteiger charge is -2.19. The van der Waals surface area contributed by atoms with Gasteiger partial charge < -0.3 is 4.74 Å². The Morgan fingerprint density at radius 3 is 2.80 bits per heavy atom. The first-order chi connectivity index (χ1) is 9.41. The minimum Gasteiger partial charge on any atom is -0.465 e. The highest BCUT2D eigenvalue weighted by Gasteiger charge is 2.26. The summed E-state index contributed by atoms with van der Waals surface area (Å²) in [4.78, 5) is 14.6. The smallest absolute Gasteiger partial charge is 0.321 e. The van der Waals surface area contributed by atoms with Gasteiger partial charge in [0.25, 0.3) is 0 Å². The molecule has 0 saturated heterocycles. The van der Waals surface area contributed by atoms with Crippen LogP contribution in [0, 0.1) is 5.82 Å². The number of esters is 1. The van der Waals surface area contributed by atoms with E-state index < -0.39 is 28.4 Å². The van der Waals surface area contributed by atoms with Crippen LogP contribution in [0.3, 0.4) is 0 Å². The number of ether oxygens (including phenoxy) is 1. The van der Waals surface area contributed by atoms with Gasteiger partial charge >= 0.3 is 5.97 Å². The molecule has 1 aromatic heterocycles. The molecule has 0 fully saturated rings. The summed E-state index contributed by atoms with van der Waals surface area (Å²) >= 11 is 0. The number of hydrogen-bond acceptors (Lipinski definition) is 5. The predicted octanol–water partition coefficient (Wildman–Crippen LogP) is 0.960. The van der Waals surface area contributed by atoms with E-state index in [2.05, 4.69) is 11.6 Å². The molecular weight excluding hydrogens is 287 g/mol. The van der Waals surface area contributed by atoms with Crippen molar-refractivity contribution >= 4 is 16.0 Å². The SMILES string of the molecule is C=CCN(CC(=O)OCC)S(=O)(=O)c1cncc(F)c1. The molecule has 0 aliphatic carbocycles. The van der Waals surface area contributed by atoms with Gasteiger partial charge in [-0.05, 0) is 13.0 Å². The van der Waals surface area contributed by atoms with Crippen LogP contribution < -0.4 is 0 Å². The van der Waals surface area contributed by atoms with Crippen LogP contribution in [0.5, 0.6) is 0 Å². The number of rotatable bonds is 7. The van der Waals surface area contributed by atoms with E-state index in [1.165, 1.54) is 6.08 Å². The summed E-state index contributed by atoms with van der Waals surface area (Å²) in [7, 11) is -4.04. The normalized spacial score (nSPS) is 11.3. The molecule has 0 bridgehead atoms. The van der Waals surface area contributed by atoms with Crippen molar-refractivity contribution in [3.05, 3.63) is 36.9 Å². The van der Waals surface area contributed by atoms with E-state index in [9.17, 15) is 17.6 Å². The average Bonchev–Trinajstić information content (AvgIpc) is 2.38. The summed E-state index contributed by atoms with van der Waals surface area (Å²) in [5, 5.41) is 0. The Hall–Kier alpha value is -1.80. The molecule has 6 nitrogen and oxygen atoms in total. The van der Waals surface area contributed by atoms with Crippen LogP contribution in [-0.4, -0.2) is 43.4 Å². The van der Waals surface area contributed by atoms with Crippen LogP contribution in [0.1, 0.15) is 6.92 Å². The third-order valence-corrected chi connectivity index (χ3v) is 4.04. The first-order valence-corrected chi connectivity index (χ1v) is 7.23. The highest BCUT2D eigenvalue weighted by molar-refractivity contribution is 7.89. The second-order valence-corrected chi connectivity index (χ2v) is 5.67. The number of carbonyl (C=O) groups excluding carboxylic acids is 1. The quantitative estimate of drug-likeness (QED) is 0.554. The number of sulfonamides is 1. The summed E-state index contributed by atoms with van der Waals surface area (Å²) in [6.07, 6.45) is 3.23. The minimum absolute atomic E-state index is 0.0995. The van der Waals surface area contributed by atoms with Crippen LogP contribution >= 0.6 is 0 Å². The second kappa shape index (κ2) is 7.11. The highest BCUT2D eigenvalue weighted by atomic mass is 32.2. The topological polar surface area (TPSA) is 76.6 Å². The van der Waals surface area contributed by atoms with Gasteiger partial charge in [0.15, 0.2) is 0 Å². The van der Waals surface area contributed by atoms with E-state index in [0.717, 1.165) is 22.8 Å². The lowest BCUT2D eigenvalue weighted by atomic mass is 10.5. The second-order valence-electron chi connectivity index (χ2n) is 3.73. The number of carbonyl (C=O) groups is 1. The molecule has 110 valence electrons. The fraction of sp³-hybridized carbons (Fsp3) is 0.333. The van der Waals surface area contributed by atoms with Crippen LogP contribution in [-0.2, 0) is 19.6 Å². The van der Waals surface area contributed by atoms with Gasteiger partial charge in [-0.1, -0.05) is 6.08 Å². The summed E-state index contributed by atoms with van der Waals surface area (Å²) in [5.41, 5.74) is 0. The Bertz CT molecular complexity index is 589. The van der Waals surface area contributed by atoms with Crippen molar-refractivity contribution in [3.63, 3.8) is 0 Å². The van der Waals surface area contributed by atoms with Crippen molar-refractivity contribution in [1.82, 2.24) is 9.29 Å². The van der Waals surface area contributed by atoms with Crippen molar-refractivity contribution in [3.8, 4) is 0 Å². The summed E-state index contributed by atoms with van der Waals surface area (Å²) in [5.74, 6) is -1.47. The van der Waals surface area contributed by atoms with Crippen LogP contribution in [0.15, 0.2) is 36.0 Å². The molecule has 0 aromatic carbocycles. The summed E-state index contributed by atoms with van der Waals surface area (Å²) in [6, 6.07) is 0.837. The maximum Gasteiger partial charge on any atom is 0.321 e. The van der Waals surface area contributed by atoms with Gasteiger partial charge in [0, 0.05) is 12.7 Å². The van der Waals surface area contributed by atoms with Crippen molar-refractivity contribution < 1.29 is 22.3 Å². The standard InChI is InChI=1S/C12H15FN2O4S/c1-3-5-15(9-12(16)19-4-2)20(17,18)11-6-10(13)7-14-8-11/h3,6-8H,1,4-5,9H2,2H3. The number of pyridine rings is 1. The lowest BCUT2D eigenvalue weighted by Crippen LogP contribution is -2.36. The molecule has 0 aliphatic rings. The number of hydrogen-bond donors (Lipinski definition) is 0. The van der Waals surface area contributed by atoms with Crippen molar-refractivity contribution in [1.29, 1.82) is 0 Å². The van der Waals surface area contributed by atoms with Crippen LogP contribution in [0.2, 0.25) is 0 Å². The number of halogens is 1. The van der Waals surface area contributed by atoms with Gasteiger partial charge in [-0.15, -0.1) is 6.58 Å². The average molecular weight is 302 g/mol. The van der Waals surface area contributed by atoms with Gasteiger partial charge in [-0.3, -0.25) is 9.78 Å². The van der Waals surface area contributed by atoms with Crippen molar-refractivity contribution in [2.24, 2.45) is 0 Å². The predicted molar refractivity (Wildman–Crippen MR) is 69.8 cm³/mol. The molecule has 0 amide bonds. The third-order valence-electron chi connectivity index (χ3n) is 2.26. The minimum atomic E-state index is -4.04. The van der Waals surface area contributed by atoms with Gasteiger partial charge in [-0.25, -0.2) is 12.8 Å². The molecule has 0 saturated carbocycles. The van der Waals surface area contributed by atoms with E-state index in [1.807, 2.05) is 0 Å². The van der Waals surface area contributed by atoms with E-state index >= 15 is 0 Å². The van der Waals surface area contributed by atoms with Crippen LogP contribution in [0.25, 0.3) is 0 Å². The van der Waals surface area contributed by atoms with Crippen molar-refractivity contribution in [2.75, 3.05) is 19.7 Å². The maximum absolute atomic E-state index is 13.1. The van der Waals surface area contributed by atoms with E-state index in [1.54, 1.807) is 6.92 Å². The summed E-state index contributed by atoms with van der Waals surface area (Å²) in [6.45, 7) is 4.61. The first-order valence-electron chi connectivity index (χ1n) is 5.79. The Balaban J connectivity index is 3.06. The zero-order valence-corrected chi connectivity index (χ0v) is 11.8. The fourth-order valence-corrected chi connectivity index (χ4v) is 2.76. The van der Waals surface area contributed by atoms with E-state index in [4.69, 9.17) is 4.74 Å². The first kappa shape index (κ1) is 16.3. The van der Waals surface area contributed by atoms with Gasteiger partial charge in [0.05, 0.1) is 12.8 Å². The largest absolute Gasteiger partial charge is 0.465 e. The monoisotopic (exact) mass is 302 g/mol. The molecule has 0 N–H and O–H groups in total. The molecule has 0 atom stereocenters. The van der Waals surface area contributed by atoms with E-state index in [-0.39, 0.29) is 18.0 Å². The number of aromatic nitrogens is 1. The Morgan fingerprint density at radius 2 is 2.25 bits per heavy atom. The third kappa shape index (κ3) is 4.10. The molecule has 1 heterocycles. The molecule has 0 spiro atoms. The Morgan fingerprint density at radius 1 is 1.55 bits per heavy atom. The molecule has 1 aromatic rings. The molecule has 0 aliphatic heterocycles. The highest BCUT2D eigenvalue weighted by Crippen LogP contribution is 2.15. The van der Waals surface area contributed by atoms with Gasteiger partial charge in [0.1, 0.15) is 17.3 Å². The summed E-state index contributed by atoms with van der Waals surface area (Å²) < 4.78 is 43.2. The zero-order valence-electron chi connectivity index (χ0n) is 11.0. The van der Waals surface area contributed by atoms with Crippen LogP contribution in [0.4, 0.5) is 4.39 Å². The van der Waals surface area contributed by atoms with Gasteiger partial charge in [-0.2, -0.15) is 4.31 Å². The lowest BCUT2D eigenvalue weighted by molar-refractivity contribution is -0.143. The Kier molecular flexibility index (Phi) is 5.78. The molecule has 1 rings (SSSR count). The maximum atomic E-state index is 13.1. The zero-order chi connectivity index (χ0) is 15.2. The van der Waals surface area contributed by atoms with E-state index in [0.29, 0.717) is 0 Å². The molecule has 20 heavy (non-hydrogen) atoms.